The Hall–Kier alpha value is -4.20. The fourth-order valence-electron chi connectivity index (χ4n) is 3.82. The van der Waals surface area contributed by atoms with Crippen molar-refractivity contribution in [2.45, 2.75) is 13.8 Å². The van der Waals surface area contributed by atoms with Gasteiger partial charge in [0, 0.05) is 30.2 Å². The molecule has 0 spiro atoms. The van der Waals surface area contributed by atoms with E-state index in [1.54, 1.807) is 18.3 Å². The smallest absolute Gasteiger partial charge is 0.340 e. The van der Waals surface area contributed by atoms with E-state index in [4.69, 9.17) is 9.47 Å². The van der Waals surface area contributed by atoms with Crippen LogP contribution in [-0.4, -0.2) is 40.7 Å². The number of nitrogens with one attached hydrogen (secondary N) is 1. The molecule has 33 heavy (non-hydrogen) atoms. The van der Waals surface area contributed by atoms with Crippen LogP contribution in [0.4, 0.5) is 11.4 Å². The number of ether oxygens (including phenoxy) is 2. The molecule has 4 rings (SSSR count). The zero-order valence-corrected chi connectivity index (χ0v) is 19.1. The summed E-state index contributed by atoms with van der Waals surface area (Å²) in [5.74, 6) is -0.392. The summed E-state index contributed by atoms with van der Waals surface area (Å²) in [5.41, 5.74) is 5.86. The van der Waals surface area contributed by atoms with Crippen molar-refractivity contribution in [3.8, 4) is 11.1 Å². The number of aromatic nitrogens is 3. The van der Waals surface area contributed by atoms with E-state index in [1.165, 1.54) is 20.3 Å². The fraction of sp³-hybridized carbons (Fsp3) is 0.200. The summed E-state index contributed by atoms with van der Waals surface area (Å²) in [6.45, 7) is 3.87. The van der Waals surface area contributed by atoms with Gasteiger partial charge >= 0.3 is 11.9 Å². The van der Waals surface area contributed by atoms with Gasteiger partial charge in [-0.3, -0.25) is 4.98 Å². The molecule has 0 aliphatic rings. The molecule has 0 aliphatic carbocycles. The predicted octanol–water partition coefficient (Wildman–Crippen LogP) is 4.57. The van der Waals surface area contributed by atoms with Crippen LogP contribution in [0.15, 0.2) is 48.7 Å². The summed E-state index contributed by atoms with van der Waals surface area (Å²) in [4.78, 5) is 33.9. The lowest BCUT2D eigenvalue weighted by atomic mass is 10.0. The third-order valence-electron chi connectivity index (χ3n) is 5.58. The second-order valence-electron chi connectivity index (χ2n) is 7.63. The van der Waals surface area contributed by atoms with Gasteiger partial charge in [0.2, 0.25) is 0 Å². The van der Waals surface area contributed by atoms with E-state index >= 15 is 0 Å². The van der Waals surface area contributed by atoms with E-state index in [0.29, 0.717) is 5.69 Å². The van der Waals surface area contributed by atoms with Crippen LogP contribution in [0.5, 0.6) is 0 Å². The fourth-order valence-corrected chi connectivity index (χ4v) is 3.82. The first-order chi connectivity index (χ1) is 15.8. The number of pyridine rings is 1. The van der Waals surface area contributed by atoms with Crippen LogP contribution in [0, 0.1) is 13.8 Å². The molecule has 168 valence electrons. The Morgan fingerprint density at radius 3 is 2.42 bits per heavy atom. The average Bonchev–Trinajstić information content (AvgIpc) is 3.09. The monoisotopic (exact) mass is 444 g/mol. The number of nitrogens with zero attached hydrogens (tertiary/aromatic N) is 3. The van der Waals surface area contributed by atoms with Crippen molar-refractivity contribution in [2.75, 3.05) is 19.5 Å². The average molecular weight is 444 g/mol. The molecule has 0 aliphatic heterocycles. The second-order valence-corrected chi connectivity index (χ2v) is 7.63. The highest BCUT2D eigenvalue weighted by molar-refractivity contribution is 6.08. The van der Waals surface area contributed by atoms with Crippen molar-refractivity contribution in [1.82, 2.24) is 14.5 Å². The SMILES string of the molecule is COC(=O)c1cccc(Nc2cc3nc(C)n(C)c3cc2-c2ccnc(C)c2)c1C(=O)OC. The van der Waals surface area contributed by atoms with Crippen LogP contribution < -0.4 is 5.32 Å². The largest absolute Gasteiger partial charge is 0.465 e. The highest BCUT2D eigenvalue weighted by Gasteiger charge is 2.23. The summed E-state index contributed by atoms with van der Waals surface area (Å²) in [6.07, 6.45) is 1.75. The number of rotatable bonds is 5. The molecule has 0 saturated carbocycles. The first kappa shape index (κ1) is 22.0. The number of carbonyl (C=O) groups excluding carboxylic acids is 2. The number of benzene rings is 2. The van der Waals surface area contributed by atoms with Crippen molar-refractivity contribution < 1.29 is 19.1 Å². The summed E-state index contributed by atoms with van der Waals surface area (Å²) in [6, 6.07) is 12.8. The van der Waals surface area contributed by atoms with Gasteiger partial charge in [-0.2, -0.15) is 0 Å². The van der Waals surface area contributed by atoms with Crippen LogP contribution in [-0.2, 0) is 16.5 Å². The highest BCUT2D eigenvalue weighted by Crippen LogP contribution is 2.36. The van der Waals surface area contributed by atoms with E-state index in [-0.39, 0.29) is 11.1 Å². The Balaban J connectivity index is 1.95. The van der Waals surface area contributed by atoms with Gasteiger partial charge in [0.15, 0.2) is 0 Å². The third-order valence-corrected chi connectivity index (χ3v) is 5.58. The standard InChI is InChI=1S/C25H24N4O4/c1-14-11-16(9-10-26-14)18-12-22-21(27-15(2)29(22)3)13-20(18)28-19-8-6-7-17(24(30)32-4)23(19)25(31)33-5/h6-13,28H,1-5H3. The van der Waals surface area contributed by atoms with Gasteiger partial charge in [-0.25, -0.2) is 14.6 Å². The molecule has 0 saturated heterocycles. The Morgan fingerprint density at radius 1 is 0.970 bits per heavy atom. The van der Waals surface area contributed by atoms with Crippen LogP contribution in [0.25, 0.3) is 22.2 Å². The predicted molar refractivity (Wildman–Crippen MR) is 126 cm³/mol. The number of methoxy groups -OCH3 is 2. The summed E-state index contributed by atoms with van der Waals surface area (Å²) >= 11 is 0. The maximum Gasteiger partial charge on any atom is 0.340 e. The molecule has 8 heteroatoms. The molecule has 1 N–H and O–H groups in total. The minimum atomic E-state index is -0.644. The van der Waals surface area contributed by atoms with Gasteiger partial charge in [-0.05, 0) is 55.8 Å². The molecular weight excluding hydrogens is 420 g/mol. The van der Waals surface area contributed by atoms with Gasteiger partial charge in [0.25, 0.3) is 0 Å². The number of fused-ring (bicyclic) bond motifs is 1. The molecule has 0 unspecified atom stereocenters. The van der Waals surface area contributed by atoms with E-state index in [9.17, 15) is 9.59 Å². The Morgan fingerprint density at radius 2 is 1.73 bits per heavy atom. The molecule has 8 nitrogen and oxygen atoms in total. The van der Waals surface area contributed by atoms with E-state index in [0.717, 1.165) is 39.4 Å². The summed E-state index contributed by atoms with van der Waals surface area (Å²) < 4.78 is 11.8. The van der Waals surface area contributed by atoms with Crippen molar-refractivity contribution in [3.05, 3.63) is 71.3 Å². The van der Waals surface area contributed by atoms with Crippen molar-refractivity contribution >= 4 is 34.3 Å². The van der Waals surface area contributed by atoms with Gasteiger partial charge in [0.05, 0.1) is 42.1 Å². The van der Waals surface area contributed by atoms with Crippen LogP contribution in [0.3, 0.4) is 0 Å². The van der Waals surface area contributed by atoms with Crippen molar-refractivity contribution in [3.63, 3.8) is 0 Å². The molecule has 0 fully saturated rings. The molecule has 0 bridgehead atoms. The Labute approximate surface area is 191 Å². The molecule has 0 radical (unpaired) electrons. The number of esters is 2. The zero-order chi connectivity index (χ0) is 23.7. The zero-order valence-electron chi connectivity index (χ0n) is 19.1. The lowest BCUT2D eigenvalue weighted by Gasteiger charge is -2.17. The molecule has 0 amide bonds. The minimum Gasteiger partial charge on any atom is -0.465 e. The first-order valence-electron chi connectivity index (χ1n) is 10.3. The highest BCUT2D eigenvalue weighted by atomic mass is 16.5. The van der Waals surface area contributed by atoms with Gasteiger partial charge < -0.3 is 19.4 Å². The quantitative estimate of drug-likeness (QED) is 0.451. The van der Waals surface area contributed by atoms with Crippen LogP contribution in [0.1, 0.15) is 32.2 Å². The second kappa shape index (κ2) is 8.74. The van der Waals surface area contributed by atoms with Crippen LogP contribution >= 0.6 is 0 Å². The molecular formula is C25H24N4O4. The van der Waals surface area contributed by atoms with E-state index in [2.05, 4.69) is 21.4 Å². The number of imidazole rings is 1. The Bertz CT molecular complexity index is 1390. The van der Waals surface area contributed by atoms with Crippen molar-refractivity contribution in [2.24, 2.45) is 7.05 Å². The van der Waals surface area contributed by atoms with Gasteiger partial charge in [-0.1, -0.05) is 6.07 Å². The normalized spacial score (nSPS) is 10.8. The number of anilines is 2. The molecule has 4 aromatic rings. The molecule has 2 heterocycles. The van der Waals surface area contributed by atoms with Gasteiger partial charge in [-0.15, -0.1) is 0 Å². The molecule has 2 aromatic heterocycles. The van der Waals surface area contributed by atoms with Crippen molar-refractivity contribution in [1.29, 1.82) is 0 Å². The third kappa shape index (κ3) is 4.03. The van der Waals surface area contributed by atoms with Gasteiger partial charge in [0.1, 0.15) is 5.82 Å². The number of aryl methyl sites for hydroxylation is 3. The maximum absolute atomic E-state index is 12.6. The first-order valence-corrected chi connectivity index (χ1v) is 10.3. The number of carbonyl (C=O) groups is 2. The van der Waals surface area contributed by atoms with Crippen LogP contribution in [0.2, 0.25) is 0 Å². The number of hydrogen-bond acceptors (Lipinski definition) is 7. The molecule has 0 atom stereocenters. The topological polar surface area (TPSA) is 95.3 Å². The summed E-state index contributed by atoms with van der Waals surface area (Å²) in [7, 11) is 4.51. The van der Waals surface area contributed by atoms with E-state index < -0.39 is 11.9 Å². The summed E-state index contributed by atoms with van der Waals surface area (Å²) in [5, 5.41) is 3.34. The minimum absolute atomic E-state index is 0.0982. The van der Waals surface area contributed by atoms with E-state index in [1.807, 2.05) is 43.7 Å². The Kier molecular flexibility index (Phi) is 5.83. The lowest BCUT2D eigenvalue weighted by molar-refractivity contribution is 0.0556. The molecule has 2 aromatic carbocycles. The maximum atomic E-state index is 12.6. The number of hydrogen-bond donors (Lipinski definition) is 1. The lowest BCUT2D eigenvalue weighted by Crippen LogP contribution is -2.14.